The van der Waals surface area contributed by atoms with E-state index in [2.05, 4.69) is 0 Å². The first-order chi connectivity index (χ1) is 24.3. The normalized spacial score (nSPS) is 13.0. The summed E-state index contributed by atoms with van der Waals surface area (Å²) in [5.74, 6) is -25.2. The molecule has 0 amide bonds. The molecule has 3 aromatic rings. The number of ether oxygens (including phenoxy) is 4. The number of hydrogen-bond donors (Lipinski definition) is 0. The van der Waals surface area contributed by atoms with E-state index in [4.69, 9.17) is 18.9 Å². The van der Waals surface area contributed by atoms with Crippen LogP contribution in [-0.4, -0.2) is 61.2 Å². The van der Waals surface area contributed by atoms with Crippen molar-refractivity contribution in [2.75, 3.05) is 13.2 Å². The van der Waals surface area contributed by atoms with Gasteiger partial charge in [0.1, 0.15) is 23.0 Å². The molecular formula is C33H26F14O6. The summed E-state index contributed by atoms with van der Waals surface area (Å²) >= 11 is 0. The van der Waals surface area contributed by atoms with Gasteiger partial charge in [0.15, 0.2) is 0 Å². The fourth-order valence-corrected chi connectivity index (χ4v) is 4.20. The Bertz CT molecular complexity index is 1580. The molecule has 292 valence electrons. The highest BCUT2D eigenvalue weighted by atomic mass is 19.4. The lowest BCUT2D eigenvalue weighted by Crippen LogP contribution is -2.51. The summed E-state index contributed by atoms with van der Waals surface area (Å²) in [6.45, 7) is 0.131. The molecule has 0 spiro atoms. The molecule has 0 unspecified atom stereocenters. The highest BCUT2D eigenvalue weighted by Crippen LogP contribution is 2.49. The van der Waals surface area contributed by atoms with Gasteiger partial charge in [-0.2, -0.15) is 61.5 Å². The number of alkyl halides is 14. The van der Waals surface area contributed by atoms with Crippen molar-refractivity contribution in [1.29, 1.82) is 0 Å². The molecule has 3 aromatic carbocycles. The quantitative estimate of drug-likeness (QED) is 0.0624. The SMILES string of the molecule is Cc1c(OC(=O)c2ccc(OCCCC(F)(F)C(F)(F)C(F)(F)F)cc2)cccc1OC(=O)c1ccc(OCCCC(F)(F)C(F)(F)C(F)(F)F)cc1. The van der Waals surface area contributed by atoms with Crippen molar-refractivity contribution in [3.8, 4) is 23.0 Å². The van der Waals surface area contributed by atoms with E-state index >= 15 is 0 Å². The van der Waals surface area contributed by atoms with Gasteiger partial charge in [-0.15, -0.1) is 0 Å². The Kier molecular flexibility index (Phi) is 12.9. The van der Waals surface area contributed by atoms with Crippen molar-refractivity contribution in [1.82, 2.24) is 0 Å². The molecule has 0 radical (unpaired) electrons. The molecular weight excluding hydrogens is 758 g/mol. The predicted molar refractivity (Wildman–Crippen MR) is 155 cm³/mol. The van der Waals surface area contributed by atoms with E-state index in [1.807, 2.05) is 0 Å². The van der Waals surface area contributed by atoms with Crippen LogP contribution in [0.3, 0.4) is 0 Å². The maximum atomic E-state index is 13.4. The zero-order chi connectivity index (χ0) is 40.0. The Morgan fingerprint density at radius 1 is 0.509 bits per heavy atom. The van der Waals surface area contributed by atoms with Crippen LogP contribution in [0.5, 0.6) is 23.0 Å². The third-order valence-corrected chi connectivity index (χ3v) is 7.26. The van der Waals surface area contributed by atoms with Crippen LogP contribution in [0.4, 0.5) is 61.5 Å². The van der Waals surface area contributed by atoms with E-state index < -0.39 is 86.9 Å². The maximum absolute atomic E-state index is 13.4. The molecule has 0 aliphatic rings. The summed E-state index contributed by atoms with van der Waals surface area (Å²) < 4.78 is 200. The molecule has 0 saturated carbocycles. The lowest BCUT2D eigenvalue weighted by molar-refractivity contribution is -0.356. The minimum atomic E-state index is -6.44. The molecule has 20 heteroatoms. The van der Waals surface area contributed by atoms with Gasteiger partial charge in [0, 0.05) is 18.4 Å². The zero-order valence-electron chi connectivity index (χ0n) is 26.8. The summed E-state index contributed by atoms with van der Waals surface area (Å²) in [7, 11) is 0. The van der Waals surface area contributed by atoms with Crippen LogP contribution in [0.1, 0.15) is 52.0 Å². The first-order valence-electron chi connectivity index (χ1n) is 14.9. The van der Waals surface area contributed by atoms with E-state index in [9.17, 15) is 71.1 Å². The van der Waals surface area contributed by atoms with Crippen molar-refractivity contribution in [2.45, 2.75) is 68.6 Å². The number of hydrogen-bond acceptors (Lipinski definition) is 6. The first kappa shape index (κ1) is 42.6. The van der Waals surface area contributed by atoms with Crippen LogP contribution in [0, 0.1) is 6.92 Å². The molecule has 3 rings (SSSR count). The van der Waals surface area contributed by atoms with Gasteiger partial charge in [-0.25, -0.2) is 9.59 Å². The molecule has 0 aromatic heterocycles. The second-order valence-corrected chi connectivity index (χ2v) is 11.2. The monoisotopic (exact) mass is 784 g/mol. The maximum Gasteiger partial charge on any atom is 0.459 e. The fraction of sp³-hybridized carbons (Fsp3) is 0.394. The molecule has 0 aliphatic carbocycles. The van der Waals surface area contributed by atoms with Crippen LogP contribution < -0.4 is 18.9 Å². The number of carbonyl (C=O) groups excluding carboxylic acids is 2. The molecule has 0 N–H and O–H groups in total. The number of halogens is 14. The van der Waals surface area contributed by atoms with E-state index in [0.717, 1.165) is 0 Å². The summed E-state index contributed by atoms with van der Waals surface area (Å²) in [4.78, 5) is 25.4. The van der Waals surface area contributed by atoms with Gasteiger partial charge in [0.05, 0.1) is 24.3 Å². The van der Waals surface area contributed by atoms with Crippen LogP contribution in [0.25, 0.3) is 0 Å². The average molecular weight is 785 g/mol. The molecule has 0 aliphatic heterocycles. The minimum Gasteiger partial charge on any atom is -0.494 e. The molecule has 0 heterocycles. The van der Waals surface area contributed by atoms with Crippen LogP contribution in [0.2, 0.25) is 0 Å². The average Bonchev–Trinajstić information content (AvgIpc) is 3.06. The molecule has 0 saturated heterocycles. The van der Waals surface area contributed by atoms with Gasteiger partial charge in [-0.05, 0) is 80.4 Å². The van der Waals surface area contributed by atoms with E-state index in [1.165, 1.54) is 73.7 Å². The summed E-state index contributed by atoms with van der Waals surface area (Å²) in [6, 6.07) is 13.5. The highest BCUT2D eigenvalue weighted by molar-refractivity contribution is 5.92. The summed E-state index contributed by atoms with van der Waals surface area (Å²) in [5, 5.41) is 0. The predicted octanol–water partition coefficient (Wildman–Crippen LogP) is 10.4. The number of benzene rings is 3. The second kappa shape index (κ2) is 16.1. The van der Waals surface area contributed by atoms with Gasteiger partial charge < -0.3 is 18.9 Å². The van der Waals surface area contributed by atoms with E-state index in [0.29, 0.717) is 0 Å². The Morgan fingerprint density at radius 2 is 0.830 bits per heavy atom. The van der Waals surface area contributed by atoms with Crippen molar-refractivity contribution < 1.29 is 90.0 Å². The Balaban J connectivity index is 1.51. The smallest absolute Gasteiger partial charge is 0.459 e. The molecule has 0 bridgehead atoms. The van der Waals surface area contributed by atoms with Crippen LogP contribution in [-0.2, 0) is 0 Å². The van der Waals surface area contributed by atoms with E-state index in [1.54, 1.807) is 0 Å². The first-order valence-corrected chi connectivity index (χ1v) is 14.9. The lowest BCUT2D eigenvalue weighted by Gasteiger charge is -2.28. The highest BCUT2D eigenvalue weighted by Gasteiger charge is 2.73. The third kappa shape index (κ3) is 10.2. The van der Waals surface area contributed by atoms with Crippen molar-refractivity contribution in [2.24, 2.45) is 0 Å². The van der Waals surface area contributed by atoms with Gasteiger partial charge in [0.2, 0.25) is 0 Å². The largest absolute Gasteiger partial charge is 0.494 e. The van der Waals surface area contributed by atoms with E-state index in [-0.39, 0.29) is 39.7 Å². The minimum absolute atomic E-state index is 0.0333. The van der Waals surface area contributed by atoms with Gasteiger partial charge in [0.25, 0.3) is 0 Å². The van der Waals surface area contributed by atoms with Crippen LogP contribution in [0.15, 0.2) is 66.7 Å². The van der Waals surface area contributed by atoms with Crippen molar-refractivity contribution >= 4 is 11.9 Å². The second-order valence-electron chi connectivity index (χ2n) is 11.2. The number of esters is 2. The third-order valence-electron chi connectivity index (χ3n) is 7.26. The van der Waals surface area contributed by atoms with Crippen LogP contribution >= 0.6 is 0 Å². The Morgan fingerprint density at radius 3 is 1.13 bits per heavy atom. The molecule has 0 fully saturated rings. The number of rotatable bonds is 16. The molecule has 53 heavy (non-hydrogen) atoms. The van der Waals surface area contributed by atoms with Gasteiger partial charge in [-0.1, -0.05) is 6.07 Å². The molecule has 0 atom stereocenters. The standard InChI is InChI=1S/C33H26F14O6/c1-19-24(52-26(48)20-7-11-22(12-8-20)50-17-3-15-28(34,35)30(38,39)32(42,43)44)5-2-6-25(19)53-27(49)21-9-13-23(14-10-21)51-18-4-16-29(36,37)31(40,41)33(45,46)47/h2,5-14H,3-4,15-18H2,1H3. The molecule has 6 nitrogen and oxygen atoms in total. The van der Waals surface area contributed by atoms with Gasteiger partial charge in [-0.3, -0.25) is 0 Å². The zero-order valence-corrected chi connectivity index (χ0v) is 26.8. The van der Waals surface area contributed by atoms with Crippen molar-refractivity contribution in [3.63, 3.8) is 0 Å². The fourth-order valence-electron chi connectivity index (χ4n) is 4.20. The number of carbonyl (C=O) groups is 2. The topological polar surface area (TPSA) is 71.1 Å². The lowest BCUT2D eigenvalue weighted by atomic mass is 10.1. The van der Waals surface area contributed by atoms with Crippen molar-refractivity contribution in [3.05, 3.63) is 83.4 Å². The van der Waals surface area contributed by atoms with Gasteiger partial charge >= 0.3 is 48.0 Å². The Labute approximate surface area is 290 Å². The summed E-state index contributed by atoms with van der Waals surface area (Å²) in [6.07, 6.45) is -18.2. The Hall–Kier alpha value is -4.78. The summed E-state index contributed by atoms with van der Waals surface area (Å²) in [5.41, 5.74) is 0.0476.